The molecule has 66 valence electrons. The van der Waals surface area contributed by atoms with Gasteiger partial charge in [0.25, 0.3) is 0 Å². The SMILES string of the molecule is Cl.OC1CCC2(CCNC2)C1. The summed E-state index contributed by atoms with van der Waals surface area (Å²) in [5, 5.41) is 12.7. The predicted molar refractivity (Wildman–Crippen MR) is 47.0 cm³/mol. The highest BCUT2D eigenvalue weighted by atomic mass is 35.5. The molecule has 0 aromatic heterocycles. The van der Waals surface area contributed by atoms with Crippen LogP contribution < -0.4 is 5.32 Å². The summed E-state index contributed by atoms with van der Waals surface area (Å²) in [6.45, 7) is 2.30. The predicted octanol–water partition coefficient (Wildman–Crippen LogP) is 0.933. The van der Waals surface area contributed by atoms with Crippen LogP contribution in [0.25, 0.3) is 0 Å². The lowest BCUT2D eigenvalue weighted by Gasteiger charge is -2.20. The molecular formula is C8H16ClNO. The van der Waals surface area contributed by atoms with E-state index in [1.54, 1.807) is 0 Å². The molecule has 2 atom stereocenters. The van der Waals surface area contributed by atoms with Crippen LogP contribution in [0.2, 0.25) is 0 Å². The monoisotopic (exact) mass is 177 g/mol. The van der Waals surface area contributed by atoms with Crippen LogP contribution >= 0.6 is 12.4 Å². The first-order valence-electron chi connectivity index (χ1n) is 4.20. The molecule has 0 aromatic carbocycles. The zero-order valence-corrected chi connectivity index (χ0v) is 7.49. The van der Waals surface area contributed by atoms with Crippen LogP contribution in [0.5, 0.6) is 0 Å². The molecule has 0 bridgehead atoms. The van der Waals surface area contributed by atoms with Gasteiger partial charge in [0.15, 0.2) is 0 Å². The van der Waals surface area contributed by atoms with Crippen molar-refractivity contribution in [3.05, 3.63) is 0 Å². The molecule has 1 saturated heterocycles. The Balaban J connectivity index is 0.000000605. The van der Waals surface area contributed by atoms with Crippen LogP contribution in [-0.2, 0) is 0 Å². The Morgan fingerprint density at radius 3 is 2.64 bits per heavy atom. The molecule has 1 aliphatic carbocycles. The van der Waals surface area contributed by atoms with Gasteiger partial charge in [0.05, 0.1) is 6.10 Å². The molecule has 2 nitrogen and oxygen atoms in total. The Kier molecular flexibility index (Phi) is 2.79. The number of hydrogen-bond acceptors (Lipinski definition) is 2. The summed E-state index contributed by atoms with van der Waals surface area (Å²) in [4.78, 5) is 0. The van der Waals surface area contributed by atoms with Crippen LogP contribution in [0, 0.1) is 5.41 Å². The van der Waals surface area contributed by atoms with Gasteiger partial charge < -0.3 is 10.4 Å². The maximum absolute atomic E-state index is 9.33. The molecule has 2 N–H and O–H groups in total. The highest BCUT2D eigenvalue weighted by Gasteiger charge is 2.40. The first kappa shape index (κ1) is 9.30. The van der Waals surface area contributed by atoms with E-state index >= 15 is 0 Å². The lowest BCUT2D eigenvalue weighted by Crippen LogP contribution is -2.21. The maximum Gasteiger partial charge on any atom is 0.0546 e. The fourth-order valence-electron chi connectivity index (χ4n) is 2.36. The highest BCUT2D eigenvalue weighted by Crippen LogP contribution is 2.42. The van der Waals surface area contributed by atoms with Crippen LogP contribution in [0.3, 0.4) is 0 Å². The molecule has 3 heteroatoms. The Labute approximate surface area is 73.8 Å². The summed E-state index contributed by atoms with van der Waals surface area (Å²) < 4.78 is 0. The van der Waals surface area contributed by atoms with E-state index < -0.39 is 0 Å². The largest absolute Gasteiger partial charge is 0.393 e. The minimum atomic E-state index is -0.0000926. The van der Waals surface area contributed by atoms with Crippen LogP contribution in [-0.4, -0.2) is 24.3 Å². The van der Waals surface area contributed by atoms with E-state index in [1.807, 2.05) is 0 Å². The molecule has 0 radical (unpaired) electrons. The average molecular weight is 178 g/mol. The van der Waals surface area contributed by atoms with Gasteiger partial charge in [-0.1, -0.05) is 0 Å². The third-order valence-electron chi connectivity index (χ3n) is 3.01. The van der Waals surface area contributed by atoms with E-state index in [2.05, 4.69) is 5.32 Å². The van der Waals surface area contributed by atoms with Gasteiger partial charge in [-0.2, -0.15) is 0 Å². The Hall–Kier alpha value is 0.210. The molecule has 2 aliphatic rings. The average Bonchev–Trinajstić information content (AvgIpc) is 2.46. The van der Waals surface area contributed by atoms with E-state index in [9.17, 15) is 5.11 Å². The molecule has 0 amide bonds. The summed E-state index contributed by atoms with van der Waals surface area (Å²) >= 11 is 0. The first-order chi connectivity index (χ1) is 4.81. The zero-order chi connectivity index (χ0) is 7.03. The topological polar surface area (TPSA) is 32.3 Å². The third-order valence-corrected chi connectivity index (χ3v) is 3.01. The smallest absolute Gasteiger partial charge is 0.0546 e. The van der Waals surface area contributed by atoms with Crippen LogP contribution in [0.1, 0.15) is 25.7 Å². The van der Waals surface area contributed by atoms with Crippen LogP contribution in [0.4, 0.5) is 0 Å². The normalized spacial score (nSPS) is 42.8. The number of nitrogens with one attached hydrogen (secondary N) is 1. The molecule has 2 rings (SSSR count). The highest BCUT2D eigenvalue weighted by molar-refractivity contribution is 5.85. The van der Waals surface area contributed by atoms with Crippen molar-refractivity contribution < 1.29 is 5.11 Å². The van der Waals surface area contributed by atoms with Gasteiger partial charge in [-0.3, -0.25) is 0 Å². The fraction of sp³-hybridized carbons (Fsp3) is 1.00. The van der Waals surface area contributed by atoms with Crippen molar-refractivity contribution in [2.24, 2.45) is 5.41 Å². The summed E-state index contributed by atoms with van der Waals surface area (Å²) in [5.74, 6) is 0. The number of rotatable bonds is 0. The van der Waals surface area contributed by atoms with Crippen molar-refractivity contribution in [1.29, 1.82) is 0 Å². The summed E-state index contributed by atoms with van der Waals surface area (Å²) in [7, 11) is 0. The van der Waals surface area contributed by atoms with Crippen molar-refractivity contribution >= 4 is 12.4 Å². The second kappa shape index (κ2) is 3.30. The van der Waals surface area contributed by atoms with Crippen molar-refractivity contribution in [3.63, 3.8) is 0 Å². The van der Waals surface area contributed by atoms with Gasteiger partial charge >= 0.3 is 0 Å². The van der Waals surface area contributed by atoms with Crippen molar-refractivity contribution in [2.75, 3.05) is 13.1 Å². The fourth-order valence-corrected chi connectivity index (χ4v) is 2.36. The maximum atomic E-state index is 9.33. The molecule has 1 heterocycles. The second-order valence-electron chi connectivity index (χ2n) is 3.82. The van der Waals surface area contributed by atoms with Gasteiger partial charge in [-0.25, -0.2) is 0 Å². The lowest BCUT2D eigenvalue weighted by molar-refractivity contribution is 0.164. The first-order valence-corrected chi connectivity index (χ1v) is 4.20. The van der Waals surface area contributed by atoms with Crippen molar-refractivity contribution in [3.8, 4) is 0 Å². The summed E-state index contributed by atoms with van der Waals surface area (Å²) in [6, 6.07) is 0. The number of hydrogen-bond donors (Lipinski definition) is 2. The third kappa shape index (κ3) is 1.68. The minimum Gasteiger partial charge on any atom is -0.393 e. The van der Waals surface area contributed by atoms with Gasteiger partial charge in [0.1, 0.15) is 0 Å². The Morgan fingerprint density at radius 2 is 2.18 bits per heavy atom. The second-order valence-corrected chi connectivity index (χ2v) is 3.82. The molecular weight excluding hydrogens is 162 g/mol. The molecule has 2 fully saturated rings. The van der Waals surface area contributed by atoms with E-state index in [1.165, 1.54) is 12.8 Å². The minimum absolute atomic E-state index is 0. The summed E-state index contributed by atoms with van der Waals surface area (Å²) in [5.41, 5.74) is 0.499. The molecule has 1 spiro atoms. The van der Waals surface area contributed by atoms with Gasteiger partial charge in [0.2, 0.25) is 0 Å². The van der Waals surface area contributed by atoms with Gasteiger partial charge in [0, 0.05) is 6.54 Å². The quantitative estimate of drug-likeness (QED) is 0.577. The van der Waals surface area contributed by atoms with E-state index in [-0.39, 0.29) is 18.5 Å². The van der Waals surface area contributed by atoms with Gasteiger partial charge in [-0.15, -0.1) is 12.4 Å². The Bertz CT molecular complexity index is 134. The van der Waals surface area contributed by atoms with E-state index in [0.717, 1.165) is 25.9 Å². The lowest BCUT2D eigenvalue weighted by atomic mass is 9.85. The zero-order valence-electron chi connectivity index (χ0n) is 6.68. The van der Waals surface area contributed by atoms with E-state index in [4.69, 9.17) is 0 Å². The molecule has 1 saturated carbocycles. The number of halogens is 1. The van der Waals surface area contributed by atoms with Crippen LogP contribution in [0.15, 0.2) is 0 Å². The van der Waals surface area contributed by atoms with E-state index in [0.29, 0.717) is 5.41 Å². The Morgan fingerprint density at radius 1 is 1.36 bits per heavy atom. The van der Waals surface area contributed by atoms with Crippen molar-refractivity contribution in [2.45, 2.75) is 31.8 Å². The number of aliphatic hydroxyl groups is 1. The molecule has 11 heavy (non-hydrogen) atoms. The molecule has 0 aromatic rings. The standard InChI is InChI=1S/C8H15NO.ClH/c10-7-1-2-8(5-7)3-4-9-6-8;/h7,9-10H,1-6H2;1H. The van der Waals surface area contributed by atoms with Gasteiger partial charge in [-0.05, 0) is 37.6 Å². The number of aliphatic hydroxyl groups excluding tert-OH is 1. The van der Waals surface area contributed by atoms with Crippen molar-refractivity contribution in [1.82, 2.24) is 5.32 Å². The molecule has 1 aliphatic heterocycles. The summed E-state index contributed by atoms with van der Waals surface area (Å²) in [6.07, 6.45) is 4.59. The molecule has 2 unspecified atom stereocenters.